The zero-order chi connectivity index (χ0) is 27.4. The number of carbonyl (C=O) groups is 2. The third-order valence-corrected chi connectivity index (χ3v) is 8.44. The summed E-state index contributed by atoms with van der Waals surface area (Å²) in [7, 11) is 0. The van der Waals surface area contributed by atoms with E-state index in [1.807, 2.05) is 109 Å². The van der Waals surface area contributed by atoms with Gasteiger partial charge < -0.3 is 10.2 Å². The van der Waals surface area contributed by atoms with Gasteiger partial charge in [0.15, 0.2) is 0 Å². The van der Waals surface area contributed by atoms with Crippen molar-refractivity contribution in [3.63, 3.8) is 0 Å². The summed E-state index contributed by atoms with van der Waals surface area (Å²) >= 11 is 12.2. The van der Waals surface area contributed by atoms with Crippen LogP contribution in [0.2, 0.25) is 10.0 Å². The van der Waals surface area contributed by atoms with Crippen molar-refractivity contribution in [2.75, 3.05) is 13.1 Å². The first-order valence-corrected chi connectivity index (χ1v) is 13.9. The average Bonchev–Trinajstić information content (AvgIpc) is 2.99. The standard InChI is InChI=1S/C33H30Cl2N2O2/c1-23(24-8-4-2-5-9-24)36-32(39)33(28-10-6-3-7-11-28)18-20-37(21-19-33)31(38)26-14-12-25(13-15-26)27-16-17-29(34)30(35)22-27/h2-17,22-23H,18-21H2,1H3,(H,36,39)/t23-/m0/s1. The van der Waals surface area contributed by atoms with Gasteiger partial charge in [-0.3, -0.25) is 9.59 Å². The van der Waals surface area contributed by atoms with Crippen molar-refractivity contribution in [2.24, 2.45) is 0 Å². The molecule has 0 radical (unpaired) electrons. The van der Waals surface area contributed by atoms with E-state index in [0.29, 0.717) is 41.5 Å². The quantitative estimate of drug-likeness (QED) is 0.264. The van der Waals surface area contributed by atoms with E-state index < -0.39 is 5.41 Å². The molecule has 0 aromatic heterocycles. The highest BCUT2D eigenvalue weighted by Crippen LogP contribution is 2.37. The number of hydrogen-bond donors (Lipinski definition) is 1. The molecule has 1 aliphatic heterocycles. The molecule has 1 fully saturated rings. The first kappa shape index (κ1) is 27.0. The Morgan fingerprint density at radius 3 is 1.97 bits per heavy atom. The molecule has 4 nitrogen and oxygen atoms in total. The Balaban J connectivity index is 1.31. The van der Waals surface area contributed by atoms with Gasteiger partial charge in [0.25, 0.3) is 5.91 Å². The predicted molar refractivity (Wildman–Crippen MR) is 158 cm³/mol. The summed E-state index contributed by atoms with van der Waals surface area (Å²) < 4.78 is 0. The Kier molecular flexibility index (Phi) is 8.06. The Bertz CT molecular complexity index is 1450. The van der Waals surface area contributed by atoms with E-state index >= 15 is 0 Å². The van der Waals surface area contributed by atoms with E-state index in [4.69, 9.17) is 23.2 Å². The molecule has 0 aliphatic carbocycles. The van der Waals surface area contributed by atoms with E-state index in [-0.39, 0.29) is 17.9 Å². The molecule has 1 N–H and O–H groups in total. The van der Waals surface area contributed by atoms with Gasteiger partial charge in [0.05, 0.1) is 21.5 Å². The van der Waals surface area contributed by atoms with Crippen LogP contribution in [0.15, 0.2) is 103 Å². The Hall–Kier alpha value is -3.60. The number of halogens is 2. The second kappa shape index (κ2) is 11.6. The van der Waals surface area contributed by atoms with Gasteiger partial charge in [-0.05, 0) is 66.3 Å². The lowest BCUT2D eigenvalue weighted by Crippen LogP contribution is -2.53. The number of rotatable bonds is 6. The molecular weight excluding hydrogens is 527 g/mol. The fourth-order valence-electron chi connectivity index (χ4n) is 5.32. The molecule has 39 heavy (non-hydrogen) atoms. The number of carbonyl (C=O) groups excluding carboxylic acids is 2. The van der Waals surface area contributed by atoms with Gasteiger partial charge in [0.1, 0.15) is 0 Å². The van der Waals surface area contributed by atoms with Crippen molar-refractivity contribution < 1.29 is 9.59 Å². The maximum atomic E-state index is 13.8. The Morgan fingerprint density at radius 1 is 0.769 bits per heavy atom. The lowest BCUT2D eigenvalue weighted by Gasteiger charge is -2.41. The van der Waals surface area contributed by atoms with Crippen molar-refractivity contribution in [3.8, 4) is 11.1 Å². The largest absolute Gasteiger partial charge is 0.349 e. The summed E-state index contributed by atoms with van der Waals surface area (Å²) in [6, 6.07) is 32.8. The van der Waals surface area contributed by atoms with Crippen LogP contribution in [-0.2, 0) is 10.2 Å². The number of nitrogens with zero attached hydrogens (tertiary/aromatic N) is 1. The third kappa shape index (κ3) is 5.73. The molecule has 4 aromatic carbocycles. The third-order valence-electron chi connectivity index (χ3n) is 7.70. The van der Waals surface area contributed by atoms with E-state index in [2.05, 4.69) is 5.32 Å². The van der Waals surface area contributed by atoms with Gasteiger partial charge in [-0.15, -0.1) is 0 Å². The van der Waals surface area contributed by atoms with E-state index in [1.165, 1.54) is 0 Å². The van der Waals surface area contributed by atoms with Crippen LogP contribution < -0.4 is 5.32 Å². The Labute approximate surface area is 239 Å². The molecule has 1 heterocycles. The summed E-state index contributed by atoms with van der Waals surface area (Å²) in [5.41, 5.74) is 3.86. The van der Waals surface area contributed by atoms with Crippen molar-refractivity contribution in [1.29, 1.82) is 0 Å². The number of benzene rings is 4. The molecule has 4 aromatic rings. The molecule has 1 aliphatic rings. The minimum Gasteiger partial charge on any atom is -0.349 e. The fraction of sp³-hybridized carbons (Fsp3) is 0.212. The van der Waals surface area contributed by atoms with Crippen LogP contribution in [-0.4, -0.2) is 29.8 Å². The van der Waals surface area contributed by atoms with Crippen LogP contribution in [0.25, 0.3) is 11.1 Å². The number of hydrogen-bond acceptors (Lipinski definition) is 2. The molecule has 0 spiro atoms. The molecule has 198 valence electrons. The molecule has 5 rings (SSSR count). The summed E-state index contributed by atoms with van der Waals surface area (Å²) in [5.74, 6) is -0.0291. The van der Waals surface area contributed by atoms with Crippen LogP contribution >= 0.6 is 23.2 Å². The minimum atomic E-state index is -0.696. The van der Waals surface area contributed by atoms with Gasteiger partial charge >= 0.3 is 0 Å². The SMILES string of the molecule is C[C@H](NC(=O)C1(c2ccccc2)CCN(C(=O)c2ccc(-c3ccc(Cl)c(Cl)c3)cc2)CC1)c1ccccc1. The van der Waals surface area contributed by atoms with Gasteiger partial charge in [-0.25, -0.2) is 0 Å². The van der Waals surface area contributed by atoms with E-state index in [0.717, 1.165) is 22.3 Å². The van der Waals surface area contributed by atoms with Gasteiger partial charge in [0, 0.05) is 18.7 Å². The molecule has 6 heteroatoms. The molecule has 0 unspecified atom stereocenters. The lowest BCUT2D eigenvalue weighted by atomic mass is 9.71. The van der Waals surface area contributed by atoms with Crippen molar-refractivity contribution >= 4 is 35.0 Å². The highest BCUT2D eigenvalue weighted by Gasteiger charge is 2.44. The lowest BCUT2D eigenvalue weighted by molar-refractivity contribution is -0.129. The molecule has 2 amide bonds. The molecule has 0 bridgehead atoms. The topological polar surface area (TPSA) is 49.4 Å². The van der Waals surface area contributed by atoms with E-state index in [9.17, 15) is 9.59 Å². The van der Waals surface area contributed by atoms with Gasteiger partial charge in [-0.2, -0.15) is 0 Å². The number of nitrogens with one attached hydrogen (secondary N) is 1. The molecule has 0 saturated carbocycles. The summed E-state index contributed by atoms with van der Waals surface area (Å²) in [6.45, 7) is 3.00. The van der Waals surface area contributed by atoms with Crippen LogP contribution in [0.5, 0.6) is 0 Å². The monoisotopic (exact) mass is 556 g/mol. The highest BCUT2D eigenvalue weighted by molar-refractivity contribution is 6.42. The van der Waals surface area contributed by atoms with Crippen molar-refractivity contribution in [1.82, 2.24) is 10.2 Å². The van der Waals surface area contributed by atoms with Crippen LogP contribution in [0, 0.1) is 0 Å². The van der Waals surface area contributed by atoms with Crippen LogP contribution in [0.4, 0.5) is 0 Å². The molecule has 1 saturated heterocycles. The van der Waals surface area contributed by atoms with Gasteiger partial charge in [0.2, 0.25) is 5.91 Å². The van der Waals surface area contributed by atoms with Crippen LogP contribution in [0.3, 0.4) is 0 Å². The smallest absolute Gasteiger partial charge is 0.253 e. The van der Waals surface area contributed by atoms with E-state index in [1.54, 1.807) is 6.07 Å². The first-order valence-electron chi connectivity index (χ1n) is 13.1. The summed E-state index contributed by atoms with van der Waals surface area (Å²) in [6.07, 6.45) is 1.11. The maximum Gasteiger partial charge on any atom is 0.253 e. The summed E-state index contributed by atoms with van der Waals surface area (Å²) in [4.78, 5) is 29.1. The Morgan fingerprint density at radius 2 is 1.36 bits per heavy atom. The number of likely N-dealkylation sites (tertiary alicyclic amines) is 1. The predicted octanol–water partition coefficient (Wildman–Crippen LogP) is 7.71. The zero-order valence-corrected chi connectivity index (χ0v) is 23.3. The number of piperidine rings is 1. The zero-order valence-electron chi connectivity index (χ0n) is 21.7. The highest BCUT2D eigenvalue weighted by atomic mass is 35.5. The molecular formula is C33H30Cl2N2O2. The normalized spacial score (nSPS) is 15.4. The fourth-order valence-corrected chi connectivity index (χ4v) is 5.62. The number of amides is 2. The van der Waals surface area contributed by atoms with Crippen LogP contribution in [0.1, 0.15) is 47.3 Å². The minimum absolute atomic E-state index is 0.00290. The first-order chi connectivity index (χ1) is 18.9. The molecule has 1 atom stereocenters. The van der Waals surface area contributed by atoms with Crippen molar-refractivity contribution in [3.05, 3.63) is 130 Å². The van der Waals surface area contributed by atoms with Gasteiger partial charge in [-0.1, -0.05) is 102 Å². The second-order valence-electron chi connectivity index (χ2n) is 10.1. The second-order valence-corrected chi connectivity index (χ2v) is 10.9. The summed E-state index contributed by atoms with van der Waals surface area (Å²) in [5, 5.41) is 4.25. The van der Waals surface area contributed by atoms with Crippen molar-refractivity contribution in [2.45, 2.75) is 31.2 Å². The maximum absolute atomic E-state index is 13.8. The average molecular weight is 558 g/mol.